The molecular formula is C19H28N4O. The molecule has 0 saturated heterocycles. The number of nitrogens with zero attached hydrogens (tertiary/aromatic N) is 4. The summed E-state index contributed by atoms with van der Waals surface area (Å²) < 4.78 is 3.65. The Hall–Kier alpha value is -2.17. The van der Waals surface area contributed by atoms with Crippen LogP contribution in [0.1, 0.15) is 49.4 Å². The summed E-state index contributed by atoms with van der Waals surface area (Å²) in [7, 11) is 0. The van der Waals surface area contributed by atoms with Gasteiger partial charge in [-0.25, -0.2) is 0 Å². The van der Waals surface area contributed by atoms with Crippen LogP contribution < -0.4 is 5.49 Å². The highest BCUT2D eigenvalue weighted by Gasteiger charge is 2.16. The third kappa shape index (κ3) is 4.22. The van der Waals surface area contributed by atoms with E-state index in [1.807, 2.05) is 50.6 Å². The maximum absolute atomic E-state index is 12.8. The summed E-state index contributed by atoms with van der Waals surface area (Å²) in [6.07, 6.45) is 2.12. The molecule has 0 bridgehead atoms. The molecule has 0 atom stereocenters. The molecule has 2 rings (SSSR count). The van der Waals surface area contributed by atoms with Crippen LogP contribution in [0.5, 0.6) is 0 Å². The summed E-state index contributed by atoms with van der Waals surface area (Å²) >= 11 is 0. The van der Waals surface area contributed by atoms with Crippen molar-refractivity contribution in [3.63, 3.8) is 0 Å². The van der Waals surface area contributed by atoms with Crippen molar-refractivity contribution in [1.82, 2.24) is 14.3 Å². The molecule has 130 valence electrons. The number of rotatable bonds is 5. The molecule has 24 heavy (non-hydrogen) atoms. The molecule has 5 nitrogen and oxygen atoms in total. The lowest BCUT2D eigenvalue weighted by molar-refractivity contribution is 0.0908. The van der Waals surface area contributed by atoms with Crippen LogP contribution in [-0.2, 0) is 13.0 Å². The van der Waals surface area contributed by atoms with Crippen LogP contribution >= 0.6 is 0 Å². The lowest BCUT2D eigenvalue weighted by Crippen LogP contribution is -2.29. The van der Waals surface area contributed by atoms with E-state index in [1.165, 1.54) is 0 Å². The van der Waals surface area contributed by atoms with E-state index in [4.69, 9.17) is 0 Å². The van der Waals surface area contributed by atoms with Crippen molar-refractivity contribution in [2.24, 2.45) is 10.9 Å². The van der Waals surface area contributed by atoms with E-state index in [-0.39, 0.29) is 11.9 Å². The molecular weight excluding hydrogens is 300 g/mol. The van der Waals surface area contributed by atoms with Gasteiger partial charge in [0.1, 0.15) is 5.49 Å². The molecule has 0 aliphatic carbocycles. The van der Waals surface area contributed by atoms with Crippen LogP contribution in [0.3, 0.4) is 0 Å². The van der Waals surface area contributed by atoms with Crippen LogP contribution in [0.15, 0.2) is 29.4 Å². The van der Waals surface area contributed by atoms with Crippen LogP contribution in [0, 0.1) is 19.8 Å². The molecule has 0 aromatic carbocycles. The Balaban J connectivity index is 2.33. The fourth-order valence-corrected chi connectivity index (χ4v) is 2.76. The molecule has 0 saturated carbocycles. The molecule has 2 aromatic rings. The first-order valence-corrected chi connectivity index (χ1v) is 8.57. The Labute approximate surface area is 144 Å². The molecule has 2 heterocycles. The van der Waals surface area contributed by atoms with Gasteiger partial charge in [-0.15, -0.1) is 0 Å². The molecule has 0 aliphatic heterocycles. The molecule has 0 fully saturated rings. The monoisotopic (exact) mass is 328 g/mol. The fourth-order valence-electron chi connectivity index (χ4n) is 2.76. The first-order chi connectivity index (χ1) is 11.3. The first-order valence-electron chi connectivity index (χ1n) is 8.57. The molecule has 0 spiro atoms. The average Bonchev–Trinajstić information content (AvgIpc) is 2.74. The maximum atomic E-state index is 12.8. The van der Waals surface area contributed by atoms with Crippen molar-refractivity contribution in [1.29, 1.82) is 0 Å². The van der Waals surface area contributed by atoms with Gasteiger partial charge in [0.25, 0.3) is 0 Å². The molecule has 0 unspecified atom stereocenters. The van der Waals surface area contributed by atoms with Gasteiger partial charge in [0, 0.05) is 30.0 Å². The number of carbonyl (C=O) groups excluding carboxylic acids is 1. The van der Waals surface area contributed by atoms with Gasteiger partial charge >= 0.3 is 0 Å². The molecule has 2 aromatic heterocycles. The van der Waals surface area contributed by atoms with Gasteiger partial charge in [-0.1, -0.05) is 19.9 Å². The lowest BCUT2D eigenvalue weighted by atomic mass is 10.1. The minimum absolute atomic E-state index is 0.0188. The summed E-state index contributed by atoms with van der Waals surface area (Å²) in [6.45, 7) is 13.2. The van der Waals surface area contributed by atoms with Crippen LogP contribution in [0.4, 0.5) is 0 Å². The predicted octanol–water partition coefficient (Wildman–Crippen LogP) is 3.15. The van der Waals surface area contributed by atoms with Gasteiger partial charge in [-0.05, 0) is 45.7 Å². The van der Waals surface area contributed by atoms with Crippen LogP contribution in [0.25, 0.3) is 0 Å². The third-order valence-electron chi connectivity index (χ3n) is 3.89. The normalized spacial score (nSPS) is 12.4. The molecule has 0 aliphatic rings. The molecule has 0 amide bonds. The van der Waals surface area contributed by atoms with E-state index >= 15 is 0 Å². The summed E-state index contributed by atoms with van der Waals surface area (Å²) in [4.78, 5) is 17.4. The quantitative estimate of drug-likeness (QED) is 0.846. The summed E-state index contributed by atoms with van der Waals surface area (Å²) in [5, 5.41) is 4.60. The van der Waals surface area contributed by atoms with Gasteiger partial charge in [0.2, 0.25) is 5.91 Å². The number of carbonyl (C=O) groups is 1. The van der Waals surface area contributed by atoms with Gasteiger partial charge < -0.3 is 0 Å². The zero-order chi connectivity index (χ0) is 17.9. The third-order valence-corrected chi connectivity index (χ3v) is 3.89. The molecule has 5 heteroatoms. The second-order valence-corrected chi connectivity index (χ2v) is 6.95. The van der Waals surface area contributed by atoms with Crippen LogP contribution in [-0.4, -0.2) is 26.3 Å². The lowest BCUT2D eigenvalue weighted by Gasteiger charge is -2.09. The van der Waals surface area contributed by atoms with Gasteiger partial charge in [0.15, 0.2) is 0 Å². The number of aromatic nitrogens is 3. The Morgan fingerprint density at radius 1 is 1.21 bits per heavy atom. The van der Waals surface area contributed by atoms with Gasteiger partial charge in [0.05, 0.1) is 12.1 Å². The van der Waals surface area contributed by atoms with Gasteiger partial charge in [-0.3, -0.25) is 19.0 Å². The summed E-state index contributed by atoms with van der Waals surface area (Å²) in [5.41, 5.74) is 3.73. The van der Waals surface area contributed by atoms with E-state index in [1.54, 1.807) is 10.8 Å². The average molecular weight is 328 g/mol. The van der Waals surface area contributed by atoms with Crippen molar-refractivity contribution >= 4 is 5.91 Å². The SMILES string of the molecule is Cc1nn(CC(C)C)c(C)c1CC(=O)n1ccccc1=NC(C)C. The summed E-state index contributed by atoms with van der Waals surface area (Å²) in [6, 6.07) is 5.78. The zero-order valence-electron chi connectivity index (χ0n) is 15.6. The summed E-state index contributed by atoms with van der Waals surface area (Å²) in [5.74, 6) is 0.539. The van der Waals surface area contributed by atoms with Crippen molar-refractivity contribution in [3.05, 3.63) is 46.8 Å². The van der Waals surface area contributed by atoms with E-state index in [2.05, 4.69) is 23.9 Å². The number of hydrogen-bond acceptors (Lipinski definition) is 3. The Bertz CT molecular complexity index is 781. The highest BCUT2D eigenvalue weighted by atomic mass is 16.2. The number of pyridine rings is 1. The van der Waals surface area contributed by atoms with E-state index in [9.17, 15) is 4.79 Å². The highest BCUT2D eigenvalue weighted by Crippen LogP contribution is 2.15. The van der Waals surface area contributed by atoms with Crippen molar-refractivity contribution in [2.45, 2.75) is 60.5 Å². The standard InChI is InChI=1S/C19H28N4O/c1-13(2)12-23-16(6)17(15(5)21-23)11-19(24)22-10-8-7-9-18(22)20-14(3)4/h7-10,13-14H,11-12H2,1-6H3. The Kier molecular flexibility index (Phi) is 5.75. The Morgan fingerprint density at radius 2 is 1.92 bits per heavy atom. The van der Waals surface area contributed by atoms with Gasteiger partial charge in [-0.2, -0.15) is 5.10 Å². The molecule has 0 radical (unpaired) electrons. The zero-order valence-corrected chi connectivity index (χ0v) is 15.6. The smallest absolute Gasteiger partial charge is 0.236 e. The largest absolute Gasteiger partial charge is 0.274 e. The molecule has 0 N–H and O–H groups in total. The topological polar surface area (TPSA) is 52.2 Å². The number of aryl methyl sites for hydroxylation is 1. The maximum Gasteiger partial charge on any atom is 0.236 e. The Morgan fingerprint density at radius 3 is 2.54 bits per heavy atom. The second-order valence-electron chi connectivity index (χ2n) is 6.95. The van der Waals surface area contributed by atoms with Crippen molar-refractivity contribution < 1.29 is 4.79 Å². The van der Waals surface area contributed by atoms with E-state index < -0.39 is 0 Å². The fraction of sp³-hybridized carbons (Fsp3) is 0.526. The first kappa shape index (κ1) is 18.2. The second kappa shape index (κ2) is 7.60. The van der Waals surface area contributed by atoms with E-state index in [0.29, 0.717) is 17.8 Å². The van der Waals surface area contributed by atoms with Crippen molar-refractivity contribution in [3.8, 4) is 0 Å². The van der Waals surface area contributed by atoms with Crippen molar-refractivity contribution in [2.75, 3.05) is 0 Å². The highest BCUT2D eigenvalue weighted by molar-refractivity contribution is 5.81. The number of hydrogen-bond donors (Lipinski definition) is 0. The van der Waals surface area contributed by atoms with E-state index in [0.717, 1.165) is 23.5 Å². The minimum atomic E-state index is 0.0188. The minimum Gasteiger partial charge on any atom is -0.274 e. The van der Waals surface area contributed by atoms with Crippen LogP contribution in [0.2, 0.25) is 0 Å². The predicted molar refractivity (Wildman–Crippen MR) is 96.0 cm³/mol.